The highest BCUT2D eigenvalue weighted by atomic mass is 16.6. The third-order valence-electron chi connectivity index (χ3n) is 7.31. The van der Waals surface area contributed by atoms with Crippen LogP contribution in [-0.4, -0.2) is 70.0 Å². The number of pyridine rings is 1. The number of rotatable bonds is 5. The van der Waals surface area contributed by atoms with E-state index in [-0.39, 0.29) is 6.09 Å². The SMILES string of the molecule is Cc1c(N2CCc3cnc(Nc4ccc(CN(C)C(=O)OC(C)(C)C)cc4)nc3C2)cnc2c1N(C(=O)OC(C)(C)C)CCO2. The summed E-state index contributed by atoms with van der Waals surface area (Å²) in [5.41, 5.74) is 5.13. The molecule has 3 aromatic rings. The molecular formula is C33H43N7O5. The quantitative estimate of drug-likeness (QED) is 0.365. The lowest BCUT2D eigenvalue weighted by Crippen LogP contribution is -2.42. The highest BCUT2D eigenvalue weighted by Crippen LogP contribution is 2.39. The maximum Gasteiger partial charge on any atom is 0.415 e. The second kappa shape index (κ2) is 12.4. The highest BCUT2D eigenvalue weighted by Gasteiger charge is 2.33. The Labute approximate surface area is 264 Å². The van der Waals surface area contributed by atoms with Crippen molar-refractivity contribution in [3.8, 4) is 5.88 Å². The van der Waals surface area contributed by atoms with E-state index >= 15 is 0 Å². The summed E-state index contributed by atoms with van der Waals surface area (Å²) in [6.45, 7) is 15.6. The first kappa shape index (κ1) is 31.8. The Morgan fingerprint density at radius 1 is 1.00 bits per heavy atom. The molecule has 2 amide bonds. The van der Waals surface area contributed by atoms with E-state index in [1.807, 2.05) is 78.9 Å². The number of anilines is 4. The van der Waals surface area contributed by atoms with Gasteiger partial charge in [0.15, 0.2) is 0 Å². The second-order valence-electron chi connectivity index (χ2n) is 13.4. The number of amides is 2. The Morgan fingerprint density at radius 3 is 2.40 bits per heavy atom. The summed E-state index contributed by atoms with van der Waals surface area (Å²) in [5, 5.41) is 3.30. The molecule has 0 saturated carbocycles. The van der Waals surface area contributed by atoms with Gasteiger partial charge in [-0.3, -0.25) is 4.90 Å². The molecule has 45 heavy (non-hydrogen) atoms. The number of nitrogens with zero attached hydrogens (tertiary/aromatic N) is 6. The van der Waals surface area contributed by atoms with Crippen molar-refractivity contribution >= 4 is 35.2 Å². The Kier molecular flexibility index (Phi) is 8.77. The van der Waals surface area contributed by atoms with Crippen LogP contribution >= 0.6 is 0 Å². The predicted octanol–water partition coefficient (Wildman–Crippen LogP) is 5.99. The minimum absolute atomic E-state index is 0.355. The first-order chi connectivity index (χ1) is 21.2. The third kappa shape index (κ3) is 7.73. The molecular weight excluding hydrogens is 574 g/mol. The van der Waals surface area contributed by atoms with Crippen molar-refractivity contribution < 1.29 is 23.8 Å². The standard InChI is InChI=1S/C33H43N7O5/c1-21-26(18-34-28-27(21)40(15-16-43-28)31(42)45-33(5,6)7)39-14-13-23-17-35-29(37-25(23)20-39)36-24-11-9-22(10-12-24)19-38(8)30(41)44-32(2,3)4/h9-12,17-18H,13-16,19-20H2,1-8H3,(H,35,36,37). The first-order valence-electron chi connectivity index (χ1n) is 15.2. The van der Waals surface area contributed by atoms with E-state index in [0.717, 1.165) is 46.7 Å². The molecule has 0 bridgehead atoms. The van der Waals surface area contributed by atoms with Crippen molar-refractivity contribution in [3.05, 3.63) is 59.0 Å². The number of carbonyl (C=O) groups is 2. The molecule has 0 atom stereocenters. The number of carbonyl (C=O) groups excluding carboxylic acids is 2. The lowest BCUT2D eigenvalue weighted by molar-refractivity contribution is 0.0284. The molecule has 240 valence electrons. The fraction of sp³-hybridized carbons (Fsp3) is 0.485. The maximum atomic E-state index is 13.1. The van der Waals surface area contributed by atoms with E-state index in [9.17, 15) is 9.59 Å². The summed E-state index contributed by atoms with van der Waals surface area (Å²) >= 11 is 0. The number of ether oxygens (including phenoxy) is 3. The molecule has 1 N–H and O–H groups in total. The van der Waals surface area contributed by atoms with Gasteiger partial charge in [0.2, 0.25) is 11.8 Å². The van der Waals surface area contributed by atoms with Crippen LogP contribution in [0.15, 0.2) is 36.7 Å². The Bertz CT molecular complexity index is 1560. The van der Waals surface area contributed by atoms with Gasteiger partial charge in [-0.1, -0.05) is 12.1 Å². The molecule has 2 aromatic heterocycles. The lowest BCUT2D eigenvalue weighted by Gasteiger charge is -2.35. The molecule has 0 radical (unpaired) electrons. The summed E-state index contributed by atoms with van der Waals surface area (Å²) in [6, 6.07) is 7.79. The summed E-state index contributed by atoms with van der Waals surface area (Å²) < 4.78 is 16.9. The molecule has 0 aliphatic carbocycles. The van der Waals surface area contributed by atoms with Gasteiger partial charge in [-0.15, -0.1) is 0 Å². The fourth-order valence-corrected chi connectivity index (χ4v) is 5.22. The van der Waals surface area contributed by atoms with Crippen LogP contribution in [0.1, 0.15) is 63.9 Å². The van der Waals surface area contributed by atoms with Crippen LogP contribution in [0.3, 0.4) is 0 Å². The lowest BCUT2D eigenvalue weighted by atomic mass is 10.0. The molecule has 4 heterocycles. The topological polar surface area (TPSA) is 122 Å². The zero-order chi connectivity index (χ0) is 32.5. The van der Waals surface area contributed by atoms with Crippen LogP contribution in [0, 0.1) is 6.92 Å². The number of fused-ring (bicyclic) bond motifs is 2. The third-order valence-corrected chi connectivity index (χ3v) is 7.31. The van der Waals surface area contributed by atoms with Crippen molar-refractivity contribution in [2.24, 2.45) is 0 Å². The van der Waals surface area contributed by atoms with E-state index in [1.165, 1.54) is 0 Å². The Hall–Kier alpha value is -4.61. The molecule has 5 rings (SSSR count). The van der Waals surface area contributed by atoms with Gasteiger partial charge >= 0.3 is 12.2 Å². The van der Waals surface area contributed by atoms with E-state index in [1.54, 1.807) is 23.0 Å². The average Bonchev–Trinajstić information content (AvgIpc) is 2.96. The summed E-state index contributed by atoms with van der Waals surface area (Å²) in [5.74, 6) is 0.932. The largest absolute Gasteiger partial charge is 0.474 e. The van der Waals surface area contributed by atoms with Crippen LogP contribution in [0.2, 0.25) is 0 Å². The Morgan fingerprint density at radius 2 is 1.71 bits per heavy atom. The van der Waals surface area contributed by atoms with E-state index < -0.39 is 17.3 Å². The molecule has 12 heteroatoms. The summed E-state index contributed by atoms with van der Waals surface area (Å²) in [6.07, 6.45) is 3.68. The van der Waals surface area contributed by atoms with Crippen LogP contribution in [0.4, 0.5) is 32.6 Å². The van der Waals surface area contributed by atoms with Crippen LogP contribution in [0.25, 0.3) is 0 Å². The van der Waals surface area contributed by atoms with E-state index in [4.69, 9.17) is 19.2 Å². The smallest absolute Gasteiger partial charge is 0.415 e. The van der Waals surface area contributed by atoms with Crippen molar-refractivity contribution in [1.82, 2.24) is 19.9 Å². The maximum absolute atomic E-state index is 13.1. The minimum Gasteiger partial charge on any atom is -0.474 e. The van der Waals surface area contributed by atoms with Crippen LogP contribution < -0.4 is 19.9 Å². The van der Waals surface area contributed by atoms with Gasteiger partial charge in [0.1, 0.15) is 23.5 Å². The molecule has 1 aromatic carbocycles. The molecule has 2 aliphatic heterocycles. The Balaban J connectivity index is 1.28. The number of hydrogen-bond donors (Lipinski definition) is 1. The van der Waals surface area contributed by atoms with Gasteiger partial charge in [-0.25, -0.2) is 24.5 Å². The molecule has 0 unspecified atom stereocenters. The molecule has 12 nitrogen and oxygen atoms in total. The van der Waals surface area contributed by atoms with Crippen LogP contribution in [0.5, 0.6) is 5.88 Å². The predicted molar refractivity (Wildman–Crippen MR) is 172 cm³/mol. The van der Waals surface area contributed by atoms with Crippen LogP contribution in [-0.2, 0) is 29.0 Å². The average molecular weight is 618 g/mol. The number of aromatic nitrogens is 3. The number of benzene rings is 1. The van der Waals surface area contributed by atoms with E-state index in [0.29, 0.717) is 43.8 Å². The molecule has 0 fully saturated rings. The summed E-state index contributed by atoms with van der Waals surface area (Å²) in [4.78, 5) is 44.8. The van der Waals surface area contributed by atoms with Gasteiger partial charge < -0.3 is 29.3 Å². The van der Waals surface area contributed by atoms with Gasteiger partial charge in [0.05, 0.1) is 30.7 Å². The normalized spacial score (nSPS) is 14.6. The minimum atomic E-state index is -0.614. The van der Waals surface area contributed by atoms with Gasteiger partial charge in [0, 0.05) is 37.6 Å². The zero-order valence-electron chi connectivity index (χ0n) is 27.4. The van der Waals surface area contributed by atoms with Crippen molar-refractivity contribution in [1.29, 1.82) is 0 Å². The number of nitrogens with one attached hydrogen (secondary N) is 1. The fourth-order valence-electron chi connectivity index (χ4n) is 5.22. The van der Waals surface area contributed by atoms with Gasteiger partial charge in [-0.2, -0.15) is 0 Å². The van der Waals surface area contributed by atoms with Crippen molar-refractivity contribution in [2.45, 2.75) is 79.2 Å². The van der Waals surface area contributed by atoms with Gasteiger partial charge in [0.25, 0.3) is 0 Å². The first-order valence-corrected chi connectivity index (χ1v) is 15.2. The molecule has 0 spiro atoms. The summed E-state index contributed by atoms with van der Waals surface area (Å²) in [7, 11) is 1.72. The number of hydrogen-bond acceptors (Lipinski definition) is 10. The van der Waals surface area contributed by atoms with Crippen molar-refractivity contribution in [3.63, 3.8) is 0 Å². The highest BCUT2D eigenvalue weighted by molar-refractivity contribution is 5.92. The molecule has 2 aliphatic rings. The van der Waals surface area contributed by atoms with Gasteiger partial charge in [-0.05, 0) is 78.1 Å². The van der Waals surface area contributed by atoms with Crippen molar-refractivity contribution in [2.75, 3.05) is 41.9 Å². The van der Waals surface area contributed by atoms with E-state index in [2.05, 4.69) is 20.2 Å². The monoisotopic (exact) mass is 617 g/mol. The second-order valence-corrected chi connectivity index (χ2v) is 13.4. The zero-order valence-corrected chi connectivity index (χ0v) is 27.4. The molecule has 0 saturated heterocycles.